The molecule has 120 valence electrons. The zero-order valence-electron chi connectivity index (χ0n) is 13.3. The molecule has 1 heterocycles. The summed E-state index contributed by atoms with van der Waals surface area (Å²) in [7, 11) is 0. The molecule has 0 unspecified atom stereocenters. The number of carbonyl (C=O) groups is 2. The normalized spacial score (nSPS) is 16.5. The minimum Gasteiger partial charge on any atom is -0.339 e. The standard InChI is InChI=1S/C17H25N3O2/c1-12(2)15(18)16(21)19-14-8-6-7-13(11-14)17(22)20-9-4-3-5-10-20/h6-8,11-12,15H,3-5,9-10,18H2,1-2H3,(H,19,21)/t15-/m0/s1. The average Bonchev–Trinajstić information content (AvgIpc) is 2.54. The molecule has 0 saturated carbocycles. The number of hydrogen-bond acceptors (Lipinski definition) is 3. The van der Waals surface area contributed by atoms with E-state index in [4.69, 9.17) is 5.73 Å². The van der Waals surface area contributed by atoms with E-state index < -0.39 is 6.04 Å². The van der Waals surface area contributed by atoms with Gasteiger partial charge in [-0.15, -0.1) is 0 Å². The highest BCUT2D eigenvalue weighted by Crippen LogP contribution is 2.17. The van der Waals surface area contributed by atoms with Crippen LogP contribution in [0, 0.1) is 5.92 Å². The van der Waals surface area contributed by atoms with Crippen molar-refractivity contribution in [1.29, 1.82) is 0 Å². The molecule has 1 aliphatic heterocycles. The maximum absolute atomic E-state index is 12.5. The van der Waals surface area contributed by atoms with Gasteiger partial charge < -0.3 is 16.0 Å². The lowest BCUT2D eigenvalue weighted by molar-refractivity contribution is -0.118. The fraction of sp³-hybridized carbons (Fsp3) is 0.529. The molecule has 0 bridgehead atoms. The summed E-state index contributed by atoms with van der Waals surface area (Å²) in [6.07, 6.45) is 3.31. The van der Waals surface area contributed by atoms with Crippen LogP contribution in [-0.4, -0.2) is 35.8 Å². The van der Waals surface area contributed by atoms with Crippen molar-refractivity contribution in [3.8, 4) is 0 Å². The molecule has 2 amide bonds. The topological polar surface area (TPSA) is 75.4 Å². The average molecular weight is 303 g/mol. The molecule has 1 aliphatic rings. The van der Waals surface area contributed by atoms with E-state index in [9.17, 15) is 9.59 Å². The highest BCUT2D eigenvalue weighted by Gasteiger charge is 2.20. The molecular formula is C17H25N3O2. The van der Waals surface area contributed by atoms with Crippen molar-refractivity contribution in [3.05, 3.63) is 29.8 Å². The van der Waals surface area contributed by atoms with Gasteiger partial charge in [0.1, 0.15) is 0 Å². The molecule has 1 aromatic rings. The molecule has 0 aromatic heterocycles. The Balaban J connectivity index is 2.06. The lowest BCUT2D eigenvalue weighted by atomic mass is 10.0. The van der Waals surface area contributed by atoms with Crippen LogP contribution in [0.2, 0.25) is 0 Å². The zero-order valence-corrected chi connectivity index (χ0v) is 13.3. The Bertz CT molecular complexity index is 536. The first-order valence-electron chi connectivity index (χ1n) is 7.95. The van der Waals surface area contributed by atoms with Gasteiger partial charge in [0, 0.05) is 24.3 Å². The van der Waals surface area contributed by atoms with Gasteiger partial charge in [0.2, 0.25) is 5.91 Å². The maximum Gasteiger partial charge on any atom is 0.253 e. The summed E-state index contributed by atoms with van der Waals surface area (Å²) in [4.78, 5) is 26.4. The van der Waals surface area contributed by atoms with Gasteiger partial charge >= 0.3 is 0 Å². The highest BCUT2D eigenvalue weighted by atomic mass is 16.2. The molecule has 1 atom stereocenters. The Labute approximate surface area is 131 Å². The SMILES string of the molecule is CC(C)[C@H](N)C(=O)Nc1cccc(C(=O)N2CCCCC2)c1. The molecule has 0 spiro atoms. The fourth-order valence-corrected chi connectivity index (χ4v) is 2.54. The Morgan fingerprint density at radius 2 is 1.86 bits per heavy atom. The molecular weight excluding hydrogens is 278 g/mol. The van der Waals surface area contributed by atoms with Crippen LogP contribution >= 0.6 is 0 Å². The summed E-state index contributed by atoms with van der Waals surface area (Å²) in [6, 6.07) is 6.52. The van der Waals surface area contributed by atoms with Gasteiger partial charge in [-0.2, -0.15) is 0 Å². The lowest BCUT2D eigenvalue weighted by Crippen LogP contribution is -2.39. The molecule has 5 heteroatoms. The van der Waals surface area contributed by atoms with Crippen LogP contribution < -0.4 is 11.1 Å². The summed E-state index contributed by atoms with van der Waals surface area (Å²) in [5.41, 5.74) is 7.06. The summed E-state index contributed by atoms with van der Waals surface area (Å²) >= 11 is 0. The number of hydrogen-bond donors (Lipinski definition) is 2. The van der Waals surface area contributed by atoms with Gasteiger partial charge in [0.25, 0.3) is 5.91 Å². The number of piperidine rings is 1. The van der Waals surface area contributed by atoms with Gasteiger partial charge in [0.15, 0.2) is 0 Å². The van der Waals surface area contributed by atoms with E-state index in [1.54, 1.807) is 24.3 Å². The van der Waals surface area contributed by atoms with Crippen molar-refractivity contribution < 1.29 is 9.59 Å². The van der Waals surface area contributed by atoms with Crippen LogP contribution in [0.1, 0.15) is 43.5 Å². The van der Waals surface area contributed by atoms with Crippen LogP contribution in [0.25, 0.3) is 0 Å². The van der Waals surface area contributed by atoms with Crippen molar-refractivity contribution in [2.24, 2.45) is 11.7 Å². The minimum absolute atomic E-state index is 0.0314. The first kappa shape index (κ1) is 16.5. The molecule has 5 nitrogen and oxygen atoms in total. The number of anilines is 1. The van der Waals surface area contributed by atoms with Crippen molar-refractivity contribution in [3.63, 3.8) is 0 Å². The fourth-order valence-electron chi connectivity index (χ4n) is 2.54. The summed E-state index contributed by atoms with van der Waals surface area (Å²) in [5, 5.41) is 2.79. The van der Waals surface area contributed by atoms with Gasteiger partial charge in [-0.3, -0.25) is 9.59 Å². The van der Waals surface area contributed by atoms with Crippen molar-refractivity contribution in [2.45, 2.75) is 39.2 Å². The van der Waals surface area contributed by atoms with Crippen LogP contribution in [0.3, 0.4) is 0 Å². The number of likely N-dealkylation sites (tertiary alicyclic amines) is 1. The van der Waals surface area contributed by atoms with Crippen LogP contribution in [0.5, 0.6) is 0 Å². The third kappa shape index (κ3) is 4.07. The van der Waals surface area contributed by atoms with Gasteiger partial charge in [-0.1, -0.05) is 19.9 Å². The molecule has 3 N–H and O–H groups in total. The first-order chi connectivity index (χ1) is 10.5. The van der Waals surface area contributed by atoms with Crippen LogP contribution in [0.15, 0.2) is 24.3 Å². The number of nitrogens with one attached hydrogen (secondary N) is 1. The predicted molar refractivity (Wildman–Crippen MR) is 87.6 cm³/mol. The summed E-state index contributed by atoms with van der Waals surface area (Å²) < 4.78 is 0. The zero-order chi connectivity index (χ0) is 16.1. The van der Waals surface area contributed by atoms with Gasteiger partial charge in [-0.25, -0.2) is 0 Å². The van der Waals surface area contributed by atoms with Crippen molar-refractivity contribution in [2.75, 3.05) is 18.4 Å². The number of nitrogens with zero attached hydrogens (tertiary/aromatic N) is 1. The van der Waals surface area contributed by atoms with E-state index in [1.807, 2.05) is 18.7 Å². The molecule has 2 rings (SSSR count). The molecule has 1 saturated heterocycles. The molecule has 22 heavy (non-hydrogen) atoms. The number of nitrogens with two attached hydrogens (primary N) is 1. The van der Waals surface area contributed by atoms with Gasteiger partial charge in [0.05, 0.1) is 6.04 Å². The number of carbonyl (C=O) groups excluding carboxylic acids is 2. The highest BCUT2D eigenvalue weighted by molar-refractivity contribution is 5.98. The molecule has 1 fully saturated rings. The van der Waals surface area contributed by atoms with Crippen LogP contribution in [0.4, 0.5) is 5.69 Å². The van der Waals surface area contributed by atoms with E-state index in [-0.39, 0.29) is 17.7 Å². The van der Waals surface area contributed by atoms with E-state index in [1.165, 1.54) is 6.42 Å². The molecule has 1 aromatic carbocycles. The van der Waals surface area contributed by atoms with Crippen molar-refractivity contribution in [1.82, 2.24) is 4.90 Å². The monoisotopic (exact) mass is 303 g/mol. The third-order valence-corrected chi connectivity index (χ3v) is 4.04. The molecule has 0 aliphatic carbocycles. The maximum atomic E-state index is 12.5. The Morgan fingerprint density at radius 3 is 2.50 bits per heavy atom. The van der Waals surface area contributed by atoms with E-state index in [2.05, 4.69) is 5.32 Å². The Hall–Kier alpha value is -1.88. The largest absolute Gasteiger partial charge is 0.339 e. The van der Waals surface area contributed by atoms with Crippen molar-refractivity contribution >= 4 is 17.5 Å². The number of benzene rings is 1. The van der Waals surface area contributed by atoms with Crippen LogP contribution in [-0.2, 0) is 4.79 Å². The number of rotatable bonds is 4. The molecule has 0 radical (unpaired) electrons. The quantitative estimate of drug-likeness (QED) is 0.895. The Morgan fingerprint density at radius 1 is 1.18 bits per heavy atom. The lowest BCUT2D eigenvalue weighted by Gasteiger charge is -2.26. The second kappa shape index (κ2) is 7.40. The first-order valence-corrected chi connectivity index (χ1v) is 7.95. The van der Waals surface area contributed by atoms with E-state index >= 15 is 0 Å². The van der Waals surface area contributed by atoms with E-state index in [0.29, 0.717) is 11.3 Å². The smallest absolute Gasteiger partial charge is 0.253 e. The summed E-state index contributed by atoms with van der Waals surface area (Å²) in [5.74, 6) is -0.125. The van der Waals surface area contributed by atoms with E-state index in [0.717, 1.165) is 25.9 Å². The third-order valence-electron chi connectivity index (χ3n) is 4.04. The second-order valence-electron chi connectivity index (χ2n) is 6.19. The summed E-state index contributed by atoms with van der Waals surface area (Å²) in [6.45, 7) is 5.43. The minimum atomic E-state index is -0.554. The second-order valence-corrected chi connectivity index (χ2v) is 6.19. The Kier molecular flexibility index (Phi) is 5.55. The number of amides is 2. The van der Waals surface area contributed by atoms with Gasteiger partial charge in [-0.05, 0) is 43.4 Å². The predicted octanol–water partition coefficient (Wildman–Crippen LogP) is 2.23.